The fourth-order valence-corrected chi connectivity index (χ4v) is 4.59. The van der Waals surface area contributed by atoms with Gasteiger partial charge in [-0.15, -0.1) is 0 Å². The molecule has 0 spiro atoms. The predicted octanol–water partition coefficient (Wildman–Crippen LogP) is 2.45. The molecule has 1 aromatic carbocycles. The highest BCUT2D eigenvalue weighted by atomic mass is 32.2. The van der Waals surface area contributed by atoms with Gasteiger partial charge < -0.3 is 14.5 Å². The van der Waals surface area contributed by atoms with E-state index >= 15 is 0 Å². The summed E-state index contributed by atoms with van der Waals surface area (Å²) in [6, 6.07) is 6.20. The van der Waals surface area contributed by atoms with Crippen LogP contribution < -0.4 is 4.90 Å². The maximum Gasteiger partial charge on any atom is 0.409 e. The van der Waals surface area contributed by atoms with E-state index in [4.69, 9.17) is 4.74 Å². The van der Waals surface area contributed by atoms with Crippen LogP contribution in [0.4, 0.5) is 10.5 Å². The van der Waals surface area contributed by atoms with E-state index in [0.29, 0.717) is 19.7 Å². The third-order valence-electron chi connectivity index (χ3n) is 5.55. The molecule has 2 aliphatic heterocycles. The van der Waals surface area contributed by atoms with Gasteiger partial charge in [0.05, 0.1) is 12.9 Å². The molecule has 0 aliphatic carbocycles. The number of rotatable bonds is 6. The standard InChI is InChI=1S/C20H31N3O4S/c1-21(10-6-14-27-20(24)22-11-4-3-5-12-22)19-8-7-18-16-23(28(2,25)26)13-9-17(18)15-19/h7-8,15H,3-6,9-14,16H2,1-2H3. The summed E-state index contributed by atoms with van der Waals surface area (Å²) in [6.07, 6.45) is 5.91. The maximum absolute atomic E-state index is 12.0. The van der Waals surface area contributed by atoms with Crippen LogP contribution in [0.25, 0.3) is 0 Å². The topological polar surface area (TPSA) is 70.2 Å². The molecular weight excluding hydrogens is 378 g/mol. The van der Waals surface area contributed by atoms with Crippen molar-refractivity contribution in [3.8, 4) is 0 Å². The molecule has 156 valence electrons. The molecule has 28 heavy (non-hydrogen) atoms. The molecule has 0 unspecified atom stereocenters. The molecular formula is C20H31N3O4S. The van der Waals surface area contributed by atoms with Crippen molar-refractivity contribution >= 4 is 21.8 Å². The third kappa shape index (κ3) is 5.38. The van der Waals surface area contributed by atoms with E-state index in [9.17, 15) is 13.2 Å². The van der Waals surface area contributed by atoms with Crippen LogP contribution in [0.2, 0.25) is 0 Å². The average molecular weight is 410 g/mol. The quantitative estimate of drug-likeness (QED) is 0.675. The van der Waals surface area contributed by atoms with Crippen molar-refractivity contribution in [1.29, 1.82) is 0 Å². The molecule has 2 aliphatic rings. The van der Waals surface area contributed by atoms with Crippen molar-refractivity contribution in [3.05, 3.63) is 29.3 Å². The first kappa shape index (κ1) is 20.9. The highest BCUT2D eigenvalue weighted by Gasteiger charge is 2.23. The lowest BCUT2D eigenvalue weighted by molar-refractivity contribution is 0.0947. The van der Waals surface area contributed by atoms with Crippen LogP contribution >= 0.6 is 0 Å². The summed E-state index contributed by atoms with van der Waals surface area (Å²) in [4.78, 5) is 16.0. The van der Waals surface area contributed by atoms with Crippen molar-refractivity contribution in [1.82, 2.24) is 9.21 Å². The second-order valence-electron chi connectivity index (χ2n) is 7.74. The number of hydrogen-bond donors (Lipinski definition) is 0. The number of carbonyl (C=O) groups excluding carboxylic acids is 1. The molecule has 0 radical (unpaired) electrons. The zero-order valence-corrected chi connectivity index (χ0v) is 17.7. The van der Waals surface area contributed by atoms with Gasteiger partial charge in [0, 0.05) is 45.5 Å². The highest BCUT2D eigenvalue weighted by molar-refractivity contribution is 7.88. The Kier molecular flexibility index (Phi) is 6.82. The Hall–Kier alpha value is -1.80. The number of nitrogens with zero attached hydrogens (tertiary/aromatic N) is 3. The van der Waals surface area contributed by atoms with Gasteiger partial charge in [-0.25, -0.2) is 13.2 Å². The van der Waals surface area contributed by atoms with Gasteiger partial charge in [0.1, 0.15) is 0 Å². The van der Waals surface area contributed by atoms with Gasteiger partial charge in [0.25, 0.3) is 0 Å². The van der Waals surface area contributed by atoms with Crippen LogP contribution in [0.5, 0.6) is 0 Å². The molecule has 0 saturated carbocycles. The Labute approximate surface area is 168 Å². The van der Waals surface area contributed by atoms with Crippen molar-refractivity contribution < 1.29 is 17.9 Å². The summed E-state index contributed by atoms with van der Waals surface area (Å²) < 4.78 is 30.4. The lowest BCUT2D eigenvalue weighted by Gasteiger charge is -2.28. The van der Waals surface area contributed by atoms with E-state index in [0.717, 1.165) is 56.6 Å². The molecule has 2 heterocycles. The van der Waals surface area contributed by atoms with Crippen LogP contribution in [-0.2, 0) is 27.7 Å². The number of benzene rings is 1. The minimum absolute atomic E-state index is 0.188. The molecule has 1 aromatic rings. The molecule has 1 fully saturated rings. The zero-order chi connectivity index (χ0) is 20.1. The molecule has 0 N–H and O–H groups in total. The SMILES string of the molecule is CN(CCCOC(=O)N1CCCCC1)c1ccc2c(c1)CCN(S(C)(=O)=O)C2. The van der Waals surface area contributed by atoms with Crippen LogP contribution in [0.15, 0.2) is 18.2 Å². The van der Waals surface area contributed by atoms with Gasteiger partial charge in [0.2, 0.25) is 10.0 Å². The summed E-state index contributed by atoms with van der Waals surface area (Å²) in [5, 5.41) is 0. The maximum atomic E-state index is 12.0. The van der Waals surface area contributed by atoms with Crippen molar-refractivity contribution in [2.24, 2.45) is 0 Å². The molecule has 3 rings (SSSR count). The molecule has 7 nitrogen and oxygen atoms in total. The van der Waals surface area contributed by atoms with E-state index < -0.39 is 10.0 Å². The minimum Gasteiger partial charge on any atom is -0.449 e. The Bertz CT molecular complexity index is 791. The Morgan fingerprint density at radius 1 is 1.14 bits per heavy atom. The minimum atomic E-state index is -3.15. The first-order valence-corrected chi connectivity index (χ1v) is 11.9. The van der Waals surface area contributed by atoms with Crippen LogP contribution in [0.1, 0.15) is 36.8 Å². The molecule has 1 saturated heterocycles. The average Bonchev–Trinajstić information content (AvgIpc) is 2.70. The summed E-state index contributed by atoms with van der Waals surface area (Å²) in [5.41, 5.74) is 3.39. The highest BCUT2D eigenvalue weighted by Crippen LogP contribution is 2.25. The third-order valence-corrected chi connectivity index (χ3v) is 6.80. The first-order valence-electron chi connectivity index (χ1n) is 10.0. The van der Waals surface area contributed by atoms with Crippen LogP contribution in [0.3, 0.4) is 0 Å². The van der Waals surface area contributed by atoms with Crippen LogP contribution in [-0.4, -0.2) is 69.8 Å². The number of anilines is 1. The lowest BCUT2D eigenvalue weighted by atomic mass is 10.00. The normalized spacial score (nSPS) is 17.9. The molecule has 0 bridgehead atoms. The number of hydrogen-bond acceptors (Lipinski definition) is 5. The van der Waals surface area contributed by atoms with Crippen molar-refractivity contribution in [3.63, 3.8) is 0 Å². The number of likely N-dealkylation sites (tertiary alicyclic amines) is 1. The summed E-state index contributed by atoms with van der Waals surface area (Å²) in [7, 11) is -1.12. The first-order chi connectivity index (χ1) is 13.3. The summed E-state index contributed by atoms with van der Waals surface area (Å²) >= 11 is 0. The summed E-state index contributed by atoms with van der Waals surface area (Å²) in [5.74, 6) is 0. The van der Waals surface area contributed by atoms with Gasteiger partial charge in [-0.2, -0.15) is 4.31 Å². The molecule has 8 heteroatoms. The Morgan fingerprint density at radius 3 is 2.61 bits per heavy atom. The molecule has 0 aromatic heterocycles. The monoisotopic (exact) mass is 409 g/mol. The van der Waals surface area contributed by atoms with E-state index in [1.54, 1.807) is 4.90 Å². The van der Waals surface area contributed by atoms with Gasteiger partial charge in [-0.1, -0.05) is 6.07 Å². The largest absolute Gasteiger partial charge is 0.449 e. The van der Waals surface area contributed by atoms with Gasteiger partial charge in [-0.3, -0.25) is 0 Å². The number of ether oxygens (including phenoxy) is 1. The van der Waals surface area contributed by atoms with Gasteiger partial charge in [-0.05, 0) is 55.4 Å². The van der Waals surface area contributed by atoms with Gasteiger partial charge >= 0.3 is 6.09 Å². The fourth-order valence-electron chi connectivity index (χ4n) is 3.79. The van der Waals surface area contributed by atoms with Crippen LogP contribution in [0, 0.1) is 0 Å². The zero-order valence-electron chi connectivity index (χ0n) is 16.9. The Morgan fingerprint density at radius 2 is 1.89 bits per heavy atom. The van der Waals surface area contributed by atoms with E-state index in [1.807, 2.05) is 19.2 Å². The lowest BCUT2D eigenvalue weighted by Crippen LogP contribution is -2.36. The number of sulfonamides is 1. The number of carbonyl (C=O) groups is 1. The fraction of sp³-hybridized carbons (Fsp3) is 0.650. The smallest absolute Gasteiger partial charge is 0.409 e. The number of amides is 1. The predicted molar refractivity (Wildman–Crippen MR) is 110 cm³/mol. The summed E-state index contributed by atoms with van der Waals surface area (Å²) in [6.45, 7) is 3.82. The number of fused-ring (bicyclic) bond motifs is 1. The van der Waals surface area contributed by atoms with Crippen molar-refractivity contribution in [2.45, 2.75) is 38.6 Å². The Balaban J connectivity index is 1.46. The molecule has 0 atom stereocenters. The van der Waals surface area contributed by atoms with Gasteiger partial charge in [0.15, 0.2) is 0 Å². The van der Waals surface area contributed by atoms with E-state index in [1.165, 1.54) is 22.5 Å². The second kappa shape index (κ2) is 9.13. The molecule has 1 amide bonds. The second-order valence-corrected chi connectivity index (χ2v) is 9.72. The van der Waals surface area contributed by atoms with E-state index in [-0.39, 0.29) is 6.09 Å². The van der Waals surface area contributed by atoms with Crippen molar-refractivity contribution in [2.75, 3.05) is 51.0 Å². The number of piperidine rings is 1. The van der Waals surface area contributed by atoms with E-state index in [2.05, 4.69) is 11.0 Å².